The zero-order valence-corrected chi connectivity index (χ0v) is 11.2. The van der Waals surface area contributed by atoms with Gasteiger partial charge in [-0.3, -0.25) is 4.79 Å². The second kappa shape index (κ2) is 8.62. The Labute approximate surface area is 119 Å². The van der Waals surface area contributed by atoms with E-state index in [0.717, 1.165) is 6.08 Å². The van der Waals surface area contributed by atoms with Crippen LogP contribution in [0.15, 0.2) is 30.5 Å². The second-order valence-corrected chi connectivity index (χ2v) is 3.69. The van der Waals surface area contributed by atoms with Gasteiger partial charge in [-0.15, -0.1) is 0 Å². The summed E-state index contributed by atoms with van der Waals surface area (Å²) in [6, 6.07) is 2.84. The zero-order valence-electron chi connectivity index (χ0n) is 11.2. The van der Waals surface area contributed by atoms with Crippen molar-refractivity contribution < 1.29 is 27.8 Å². The first-order chi connectivity index (χ1) is 10.0. The number of ether oxygens (including phenoxy) is 2. The van der Waals surface area contributed by atoms with Crippen molar-refractivity contribution in [1.29, 1.82) is 0 Å². The van der Waals surface area contributed by atoms with Gasteiger partial charge in [0.25, 0.3) is 12.3 Å². The molecule has 8 heteroatoms. The highest BCUT2D eigenvalue weighted by atomic mass is 19.3. The molecule has 1 heterocycles. The van der Waals surface area contributed by atoms with Gasteiger partial charge in [0.1, 0.15) is 6.61 Å². The summed E-state index contributed by atoms with van der Waals surface area (Å²) in [6.07, 6.45) is 1.22. The highest BCUT2D eigenvalue weighted by Crippen LogP contribution is 2.15. The molecule has 0 unspecified atom stereocenters. The number of hydrogen-bond acceptors (Lipinski definition) is 5. The fourth-order valence-corrected chi connectivity index (χ4v) is 1.29. The van der Waals surface area contributed by atoms with Crippen LogP contribution in [-0.4, -0.2) is 43.5 Å². The Hall–Kier alpha value is -2.51. The van der Waals surface area contributed by atoms with Crippen molar-refractivity contribution in [2.24, 2.45) is 0 Å². The topological polar surface area (TPSA) is 77.5 Å². The van der Waals surface area contributed by atoms with Gasteiger partial charge in [-0.1, -0.05) is 6.08 Å². The van der Waals surface area contributed by atoms with Gasteiger partial charge in [0.2, 0.25) is 0 Å². The van der Waals surface area contributed by atoms with Crippen LogP contribution in [0.25, 0.3) is 0 Å². The molecule has 1 N–H and O–H groups in total. The van der Waals surface area contributed by atoms with E-state index < -0.39 is 24.9 Å². The molecule has 0 fully saturated rings. The van der Waals surface area contributed by atoms with E-state index in [1.165, 1.54) is 31.5 Å². The van der Waals surface area contributed by atoms with Crippen molar-refractivity contribution in [3.8, 4) is 5.75 Å². The summed E-state index contributed by atoms with van der Waals surface area (Å²) in [5, 5.41) is 2.44. The lowest BCUT2D eigenvalue weighted by molar-refractivity contribution is -0.134. The van der Waals surface area contributed by atoms with Crippen molar-refractivity contribution in [2.45, 2.75) is 6.43 Å². The number of rotatable bonds is 7. The third kappa shape index (κ3) is 5.98. The number of halogens is 2. The molecule has 6 nitrogen and oxygen atoms in total. The summed E-state index contributed by atoms with van der Waals surface area (Å²) in [7, 11) is 1.23. The van der Waals surface area contributed by atoms with Gasteiger partial charge in [-0.25, -0.2) is 18.6 Å². The molecule has 0 aromatic carbocycles. The third-order valence-corrected chi connectivity index (χ3v) is 2.19. The van der Waals surface area contributed by atoms with Crippen molar-refractivity contribution in [3.63, 3.8) is 0 Å². The monoisotopic (exact) mass is 300 g/mol. The van der Waals surface area contributed by atoms with Crippen molar-refractivity contribution >= 4 is 11.9 Å². The van der Waals surface area contributed by atoms with E-state index in [9.17, 15) is 18.4 Å². The van der Waals surface area contributed by atoms with Gasteiger partial charge in [0.15, 0.2) is 11.4 Å². The van der Waals surface area contributed by atoms with E-state index in [2.05, 4.69) is 15.0 Å². The summed E-state index contributed by atoms with van der Waals surface area (Å²) in [5.41, 5.74) is -0.107. The SMILES string of the molecule is COC(=O)/C=C/CNC(=O)c1ncccc1OCC(F)F. The lowest BCUT2D eigenvalue weighted by Gasteiger charge is -2.09. The fourth-order valence-electron chi connectivity index (χ4n) is 1.29. The van der Waals surface area contributed by atoms with E-state index in [1.54, 1.807) is 0 Å². The average Bonchev–Trinajstić information content (AvgIpc) is 2.49. The number of amides is 1. The number of pyridine rings is 1. The molecule has 1 aromatic rings. The number of carbonyl (C=O) groups excluding carboxylic acids is 2. The first-order valence-electron chi connectivity index (χ1n) is 5.93. The van der Waals surface area contributed by atoms with Crippen LogP contribution >= 0.6 is 0 Å². The Morgan fingerprint density at radius 3 is 2.90 bits per heavy atom. The summed E-state index contributed by atoms with van der Waals surface area (Å²) in [5.74, 6) is -1.19. The van der Waals surface area contributed by atoms with Gasteiger partial charge >= 0.3 is 5.97 Å². The molecule has 1 rings (SSSR count). The molecular weight excluding hydrogens is 286 g/mol. The number of carbonyl (C=O) groups is 2. The third-order valence-electron chi connectivity index (χ3n) is 2.19. The second-order valence-electron chi connectivity index (χ2n) is 3.69. The molecule has 0 aliphatic heterocycles. The van der Waals surface area contributed by atoms with Crippen LogP contribution in [-0.2, 0) is 9.53 Å². The van der Waals surface area contributed by atoms with Crippen molar-refractivity contribution in [2.75, 3.05) is 20.3 Å². The molecule has 0 bridgehead atoms. The van der Waals surface area contributed by atoms with E-state index in [4.69, 9.17) is 4.74 Å². The first kappa shape index (κ1) is 16.5. The molecule has 0 radical (unpaired) electrons. The Balaban J connectivity index is 2.61. The number of aromatic nitrogens is 1. The summed E-state index contributed by atoms with van der Waals surface area (Å²) < 4.78 is 33.4. The molecule has 1 amide bonds. The van der Waals surface area contributed by atoms with E-state index >= 15 is 0 Å². The van der Waals surface area contributed by atoms with Crippen LogP contribution in [0, 0.1) is 0 Å². The minimum atomic E-state index is -2.65. The number of esters is 1. The summed E-state index contributed by atoms with van der Waals surface area (Å²) in [4.78, 5) is 26.4. The highest BCUT2D eigenvalue weighted by molar-refractivity contribution is 5.95. The predicted molar refractivity (Wildman–Crippen MR) is 69.2 cm³/mol. The predicted octanol–water partition coefficient (Wildman–Crippen LogP) is 1.18. The average molecular weight is 300 g/mol. The molecule has 21 heavy (non-hydrogen) atoms. The van der Waals surface area contributed by atoms with Crippen LogP contribution in [0.1, 0.15) is 10.5 Å². The maximum Gasteiger partial charge on any atom is 0.330 e. The van der Waals surface area contributed by atoms with Gasteiger partial charge in [0, 0.05) is 18.8 Å². The highest BCUT2D eigenvalue weighted by Gasteiger charge is 2.14. The normalized spacial score (nSPS) is 10.7. The van der Waals surface area contributed by atoms with Crippen molar-refractivity contribution in [1.82, 2.24) is 10.3 Å². The molecule has 0 saturated carbocycles. The largest absolute Gasteiger partial charge is 0.485 e. The smallest absolute Gasteiger partial charge is 0.330 e. The number of nitrogens with zero attached hydrogens (tertiary/aromatic N) is 1. The fraction of sp³-hybridized carbons (Fsp3) is 0.308. The Morgan fingerprint density at radius 1 is 1.48 bits per heavy atom. The zero-order chi connectivity index (χ0) is 15.7. The van der Waals surface area contributed by atoms with Crippen LogP contribution < -0.4 is 10.1 Å². The molecule has 114 valence electrons. The molecular formula is C13H14F2N2O4. The lowest BCUT2D eigenvalue weighted by Crippen LogP contribution is -2.25. The van der Waals surface area contributed by atoms with Crippen molar-refractivity contribution in [3.05, 3.63) is 36.2 Å². The molecule has 0 aliphatic carbocycles. The maximum atomic E-state index is 12.1. The molecule has 0 aliphatic rings. The molecule has 1 aromatic heterocycles. The van der Waals surface area contributed by atoms with Crippen LogP contribution in [0.3, 0.4) is 0 Å². The maximum absolute atomic E-state index is 12.1. The number of hydrogen-bond donors (Lipinski definition) is 1. The Morgan fingerprint density at radius 2 is 2.24 bits per heavy atom. The van der Waals surface area contributed by atoms with E-state index in [0.29, 0.717) is 0 Å². The van der Waals surface area contributed by atoms with Gasteiger partial charge < -0.3 is 14.8 Å². The Kier molecular flexibility index (Phi) is 6.79. The minimum absolute atomic E-state index is 0.0350. The summed E-state index contributed by atoms with van der Waals surface area (Å²) in [6.45, 7) is -0.771. The number of alkyl halides is 2. The van der Waals surface area contributed by atoms with Gasteiger partial charge in [0.05, 0.1) is 7.11 Å². The number of nitrogens with one attached hydrogen (secondary N) is 1. The standard InChI is InChI=1S/C13H14F2N2O4/c1-20-11(18)5-3-7-17-13(19)12-9(4-2-6-16-12)21-8-10(14)15/h2-6,10H,7-8H2,1H3,(H,17,19)/b5-3+. The van der Waals surface area contributed by atoms with Gasteiger partial charge in [-0.2, -0.15) is 0 Å². The minimum Gasteiger partial charge on any atom is -0.485 e. The van der Waals surface area contributed by atoms with Crippen LogP contribution in [0.2, 0.25) is 0 Å². The molecule has 0 atom stereocenters. The van der Waals surface area contributed by atoms with Gasteiger partial charge in [-0.05, 0) is 12.1 Å². The Bertz CT molecular complexity index is 521. The number of methoxy groups -OCH3 is 1. The summed E-state index contributed by atoms with van der Waals surface area (Å²) >= 11 is 0. The van der Waals surface area contributed by atoms with Crippen LogP contribution in [0.5, 0.6) is 5.75 Å². The molecule has 0 spiro atoms. The molecule has 0 saturated heterocycles. The van der Waals surface area contributed by atoms with Crippen LogP contribution in [0.4, 0.5) is 8.78 Å². The van der Waals surface area contributed by atoms with E-state index in [-0.39, 0.29) is 18.0 Å². The van der Waals surface area contributed by atoms with E-state index in [1.807, 2.05) is 0 Å². The quantitative estimate of drug-likeness (QED) is 0.604. The first-order valence-corrected chi connectivity index (χ1v) is 5.93. The lowest BCUT2D eigenvalue weighted by atomic mass is 10.3.